The highest BCUT2D eigenvalue weighted by atomic mass is 16.1. The summed E-state index contributed by atoms with van der Waals surface area (Å²) in [6.07, 6.45) is 1.69. The van der Waals surface area contributed by atoms with E-state index in [-0.39, 0.29) is 6.04 Å². The molecule has 5 heteroatoms. The van der Waals surface area contributed by atoms with E-state index in [1.165, 1.54) is 0 Å². The lowest BCUT2D eigenvalue weighted by molar-refractivity contribution is -0.123. The van der Waals surface area contributed by atoms with Gasteiger partial charge in [0.15, 0.2) is 0 Å². The first-order valence-electron chi connectivity index (χ1n) is 6.68. The third-order valence-electron chi connectivity index (χ3n) is 3.25. The van der Waals surface area contributed by atoms with Crippen LogP contribution >= 0.6 is 0 Å². The molecule has 0 saturated carbocycles. The molecule has 0 fully saturated rings. The fraction of sp³-hybridized carbons (Fsp3) is 0.923. The van der Waals surface area contributed by atoms with Crippen molar-refractivity contribution in [1.82, 2.24) is 9.80 Å². The number of primary amides is 1. The molecule has 108 valence electrons. The zero-order valence-electron chi connectivity index (χ0n) is 12.6. The molecule has 5 nitrogen and oxygen atoms in total. The van der Waals surface area contributed by atoms with E-state index in [0.29, 0.717) is 6.42 Å². The van der Waals surface area contributed by atoms with Crippen molar-refractivity contribution < 1.29 is 4.79 Å². The molecule has 0 spiro atoms. The highest BCUT2D eigenvalue weighted by molar-refractivity contribution is 5.83. The van der Waals surface area contributed by atoms with Gasteiger partial charge in [0, 0.05) is 19.1 Å². The van der Waals surface area contributed by atoms with Crippen LogP contribution in [0.2, 0.25) is 0 Å². The van der Waals surface area contributed by atoms with Gasteiger partial charge in [0.2, 0.25) is 5.91 Å². The van der Waals surface area contributed by atoms with Crippen LogP contribution in [0.5, 0.6) is 0 Å². The molecule has 0 aromatic heterocycles. The summed E-state index contributed by atoms with van der Waals surface area (Å²) in [6.45, 7) is 8.98. The number of carbonyl (C=O) groups excluding carboxylic acids is 1. The largest absolute Gasteiger partial charge is 0.368 e. The average molecular weight is 258 g/mol. The monoisotopic (exact) mass is 258 g/mol. The molecule has 18 heavy (non-hydrogen) atoms. The fourth-order valence-corrected chi connectivity index (χ4v) is 2.01. The van der Waals surface area contributed by atoms with Gasteiger partial charge >= 0.3 is 0 Å². The van der Waals surface area contributed by atoms with E-state index in [4.69, 9.17) is 11.5 Å². The van der Waals surface area contributed by atoms with Crippen LogP contribution in [0.15, 0.2) is 0 Å². The number of hydrogen-bond donors (Lipinski definition) is 2. The number of carbonyl (C=O) groups is 1. The van der Waals surface area contributed by atoms with Crippen molar-refractivity contribution in [3.8, 4) is 0 Å². The molecule has 4 N–H and O–H groups in total. The Hall–Kier alpha value is -0.650. The SMILES string of the molecule is CCCN(CCN(C)C)C(C)CC(C)(N)C(N)=O. The number of nitrogens with zero attached hydrogens (tertiary/aromatic N) is 2. The molecule has 0 aromatic rings. The molecule has 1 amide bonds. The second-order valence-corrected chi connectivity index (χ2v) is 5.67. The van der Waals surface area contributed by atoms with E-state index in [9.17, 15) is 4.79 Å². The maximum atomic E-state index is 11.3. The van der Waals surface area contributed by atoms with Crippen LogP contribution in [0.25, 0.3) is 0 Å². The maximum absolute atomic E-state index is 11.3. The summed E-state index contributed by atoms with van der Waals surface area (Å²) in [7, 11) is 4.12. The van der Waals surface area contributed by atoms with Crippen molar-refractivity contribution in [1.29, 1.82) is 0 Å². The Labute approximate surface area is 111 Å². The second-order valence-electron chi connectivity index (χ2n) is 5.67. The first-order chi connectivity index (χ1) is 8.20. The third kappa shape index (κ3) is 6.33. The standard InChI is InChI=1S/C13H30N4O/c1-6-7-17(9-8-16(4)5)11(2)10-13(3,15)12(14)18/h11H,6-10,15H2,1-5H3,(H2,14,18). The van der Waals surface area contributed by atoms with E-state index in [1.54, 1.807) is 6.92 Å². The second kappa shape index (κ2) is 7.71. The molecular formula is C13H30N4O. The lowest BCUT2D eigenvalue weighted by Crippen LogP contribution is -2.53. The van der Waals surface area contributed by atoms with E-state index < -0.39 is 11.4 Å². The molecule has 2 atom stereocenters. The molecule has 0 heterocycles. The summed E-state index contributed by atoms with van der Waals surface area (Å²) in [6, 6.07) is 0.257. The van der Waals surface area contributed by atoms with Gasteiger partial charge in [-0.25, -0.2) is 0 Å². The summed E-state index contributed by atoms with van der Waals surface area (Å²) in [5.74, 6) is -0.432. The topological polar surface area (TPSA) is 75.6 Å². The Balaban J connectivity index is 4.46. The van der Waals surface area contributed by atoms with Crippen molar-refractivity contribution in [2.24, 2.45) is 11.5 Å². The lowest BCUT2D eigenvalue weighted by Gasteiger charge is -2.34. The Morgan fingerprint density at radius 3 is 2.22 bits per heavy atom. The molecule has 0 saturated heterocycles. The van der Waals surface area contributed by atoms with Crippen LogP contribution in [0, 0.1) is 0 Å². The first-order valence-corrected chi connectivity index (χ1v) is 6.68. The smallest absolute Gasteiger partial charge is 0.237 e. The van der Waals surface area contributed by atoms with E-state index in [2.05, 4.69) is 37.7 Å². The van der Waals surface area contributed by atoms with Crippen molar-refractivity contribution >= 4 is 5.91 Å². The molecule has 0 aliphatic rings. The molecule has 0 aromatic carbocycles. The van der Waals surface area contributed by atoms with Gasteiger partial charge in [-0.05, 0) is 47.3 Å². The summed E-state index contributed by atoms with van der Waals surface area (Å²) >= 11 is 0. The van der Waals surface area contributed by atoms with E-state index in [0.717, 1.165) is 26.1 Å². The van der Waals surface area contributed by atoms with Crippen LogP contribution in [-0.4, -0.2) is 61.0 Å². The quantitative estimate of drug-likeness (QED) is 0.621. The molecule has 0 radical (unpaired) electrons. The number of likely N-dealkylation sites (N-methyl/N-ethyl adjacent to an activating group) is 1. The normalized spacial score (nSPS) is 16.9. The summed E-state index contributed by atoms with van der Waals surface area (Å²) in [4.78, 5) is 15.8. The molecular weight excluding hydrogens is 228 g/mol. The van der Waals surface area contributed by atoms with Crippen LogP contribution in [0.4, 0.5) is 0 Å². The van der Waals surface area contributed by atoms with E-state index in [1.807, 2.05) is 0 Å². The Kier molecular flexibility index (Phi) is 7.43. The minimum Gasteiger partial charge on any atom is -0.368 e. The van der Waals surface area contributed by atoms with Gasteiger partial charge in [-0.3, -0.25) is 9.69 Å². The first kappa shape index (κ1) is 17.4. The predicted molar refractivity (Wildman–Crippen MR) is 76.3 cm³/mol. The van der Waals surface area contributed by atoms with Gasteiger partial charge in [-0.2, -0.15) is 0 Å². The molecule has 2 unspecified atom stereocenters. The minimum atomic E-state index is -0.927. The zero-order chi connectivity index (χ0) is 14.3. The average Bonchev–Trinajstić information content (AvgIpc) is 2.22. The summed E-state index contributed by atoms with van der Waals surface area (Å²) in [5, 5.41) is 0. The lowest BCUT2D eigenvalue weighted by atomic mass is 9.93. The van der Waals surface area contributed by atoms with Gasteiger partial charge in [0.1, 0.15) is 0 Å². The third-order valence-corrected chi connectivity index (χ3v) is 3.25. The Morgan fingerprint density at radius 2 is 1.83 bits per heavy atom. The molecule has 0 aliphatic heterocycles. The fourth-order valence-electron chi connectivity index (χ4n) is 2.01. The van der Waals surface area contributed by atoms with Gasteiger partial charge < -0.3 is 16.4 Å². The summed E-state index contributed by atoms with van der Waals surface area (Å²) in [5.41, 5.74) is 10.3. The maximum Gasteiger partial charge on any atom is 0.237 e. The van der Waals surface area contributed by atoms with Crippen LogP contribution < -0.4 is 11.5 Å². The summed E-state index contributed by atoms with van der Waals surface area (Å²) < 4.78 is 0. The van der Waals surface area contributed by atoms with Gasteiger partial charge in [-0.1, -0.05) is 6.92 Å². The predicted octanol–water partition coefficient (Wildman–Crippen LogP) is 0.241. The number of amides is 1. The van der Waals surface area contributed by atoms with Crippen LogP contribution in [-0.2, 0) is 4.79 Å². The zero-order valence-corrected chi connectivity index (χ0v) is 12.6. The van der Waals surface area contributed by atoms with Gasteiger partial charge in [0.05, 0.1) is 5.54 Å². The molecule has 0 bridgehead atoms. The highest BCUT2D eigenvalue weighted by Crippen LogP contribution is 2.14. The van der Waals surface area contributed by atoms with Crippen molar-refractivity contribution in [2.45, 2.75) is 45.2 Å². The Bertz CT molecular complexity index is 253. The van der Waals surface area contributed by atoms with Crippen molar-refractivity contribution in [2.75, 3.05) is 33.7 Å². The Morgan fingerprint density at radius 1 is 1.28 bits per heavy atom. The van der Waals surface area contributed by atoms with E-state index >= 15 is 0 Å². The van der Waals surface area contributed by atoms with Crippen molar-refractivity contribution in [3.63, 3.8) is 0 Å². The molecule has 0 aliphatic carbocycles. The van der Waals surface area contributed by atoms with Crippen molar-refractivity contribution in [3.05, 3.63) is 0 Å². The van der Waals surface area contributed by atoms with Crippen LogP contribution in [0.3, 0.4) is 0 Å². The number of nitrogens with two attached hydrogens (primary N) is 2. The van der Waals surface area contributed by atoms with Crippen LogP contribution in [0.1, 0.15) is 33.6 Å². The van der Waals surface area contributed by atoms with Gasteiger partial charge in [-0.15, -0.1) is 0 Å². The number of hydrogen-bond acceptors (Lipinski definition) is 4. The minimum absolute atomic E-state index is 0.257. The number of rotatable bonds is 9. The van der Waals surface area contributed by atoms with Gasteiger partial charge in [0.25, 0.3) is 0 Å². The highest BCUT2D eigenvalue weighted by Gasteiger charge is 2.29. The molecule has 0 rings (SSSR count).